The molecule has 0 aromatic heterocycles. The number of primary amides is 1. The van der Waals surface area contributed by atoms with E-state index in [1.807, 2.05) is 0 Å². The molecule has 106 valence electrons. The zero-order valence-electron chi connectivity index (χ0n) is 9.93. The lowest BCUT2D eigenvalue weighted by molar-refractivity contribution is -0.122. The number of nitrogen functional groups attached to an aromatic ring is 1. The maximum absolute atomic E-state index is 11.9. The summed E-state index contributed by atoms with van der Waals surface area (Å²) in [6, 6.07) is 4.41. The molecule has 19 heavy (non-hydrogen) atoms. The zero-order valence-corrected chi connectivity index (χ0v) is 11.5. The summed E-state index contributed by atoms with van der Waals surface area (Å²) in [5.41, 5.74) is 10.5. The smallest absolute Gasteiger partial charge is 0.244 e. The van der Waals surface area contributed by atoms with Gasteiger partial charge >= 0.3 is 0 Å². The number of nitrogens with one attached hydrogen (secondary N) is 1. The number of anilines is 1. The minimum atomic E-state index is -3.83. The van der Waals surface area contributed by atoms with Crippen LogP contribution in [0.3, 0.4) is 0 Å². The number of carbonyl (C=O) groups is 1. The highest BCUT2D eigenvalue weighted by Crippen LogP contribution is 2.26. The molecule has 1 rings (SSSR count). The van der Waals surface area contributed by atoms with E-state index in [1.54, 1.807) is 6.07 Å². The standard InChI is InChI=1S/C10H14ClN3O4S/c11-7-2-1-3-8(12)10(7)19(16,17)14-4-5-18-6-9(13)15/h1-3,14H,4-6,12H2,(H2,13,15). The van der Waals surface area contributed by atoms with E-state index < -0.39 is 15.9 Å². The molecule has 0 bridgehead atoms. The third kappa shape index (κ3) is 4.67. The summed E-state index contributed by atoms with van der Waals surface area (Å²) in [6.45, 7) is -0.289. The second kappa shape index (κ2) is 6.71. The largest absolute Gasteiger partial charge is 0.398 e. The van der Waals surface area contributed by atoms with Crippen molar-refractivity contribution >= 4 is 33.2 Å². The van der Waals surface area contributed by atoms with Gasteiger partial charge in [0.15, 0.2) is 0 Å². The number of sulfonamides is 1. The van der Waals surface area contributed by atoms with Crippen LogP contribution < -0.4 is 16.2 Å². The van der Waals surface area contributed by atoms with Crippen LogP contribution in [-0.4, -0.2) is 34.1 Å². The summed E-state index contributed by atoms with van der Waals surface area (Å²) in [5, 5.41) is 0.0329. The van der Waals surface area contributed by atoms with Crippen LogP contribution in [0.2, 0.25) is 5.02 Å². The van der Waals surface area contributed by atoms with Crippen LogP contribution in [0.25, 0.3) is 0 Å². The van der Waals surface area contributed by atoms with Gasteiger partial charge in [0.2, 0.25) is 15.9 Å². The molecule has 0 saturated carbocycles. The van der Waals surface area contributed by atoms with Crippen molar-refractivity contribution < 1.29 is 17.9 Å². The molecule has 0 radical (unpaired) electrons. The van der Waals surface area contributed by atoms with E-state index in [-0.39, 0.29) is 35.4 Å². The quantitative estimate of drug-likeness (QED) is 0.471. The Kier molecular flexibility index (Phi) is 5.55. The second-order valence-electron chi connectivity index (χ2n) is 3.57. The van der Waals surface area contributed by atoms with Crippen molar-refractivity contribution in [3.63, 3.8) is 0 Å². The first-order valence-corrected chi connectivity index (χ1v) is 7.10. The van der Waals surface area contributed by atoms with Crippen LogP contribution in [0, 0.1) is 0 Å². The van der Waals surface area contributed by atoms with E-state index >= 15 is 0 Å². The molecule has 5 N–H and O–H groups in total. The molecule has 0 fully saturated rings. The van der Waals surface area contributed by atoms with Crippen molar-refractivity contribution in [3.05, 3.63) is 23.2 Å². The van der Waals surface area contributed by atoms with Gasteiger partial charge in [-0.05, 0) is 12.1 Å². The van der Waals surface area contributed by atoms with Crippen LogP contribution in [0.4, 0.5) is 5.69 Å². The Labute approximate surface area is 115 Å². The van der Waals surface area contributed by atoms with E-state index in [0.717, 1.165) is 0 Å². The number of carbonyl (C=O) groups excluding carboxylic acids is 1. The zero-order chi connectivity index (χ0) is 14.5. The molecule has 1 aromatic carbocycles. The fourth-order valence-corrected chi connectivity index (χ4v) is 2.99. The number of hydrogen-bond donors (Lipinski definition) is 3. The third-order valence-electron chi connectivity index (χ3n) is 2.05. The lowest BCUT2D eigenvalue weighted by Crippen LogP contribution is -2.29. The first-order valence-electron chi connectivity index (χ1n) is 5.24. The Bertz CT molecular complexity index is 542. The van der Waals surface area contributed by atoms with E-state index in [1.165, 1.54) is 12.1 Å². The Morgan fingerprint density at radius 1 is 1.42 bits per heavy atom. The van der Waals surface area contributed by atoms with Gasteiger partial charge in [-0.2, -0.15) is 0 Å². The van der Waals surface area contributed by atoms with Crippen LogP contribution in [0.1, 0.15) is 0 Å². The average molecular weight is 308 g/mol. The van der Waals surface area contributed by atoms with Crippen molar-refractivity contribution in [2.45, 2.75) is 4.90 Å². The number of hydrogen-bond acceptors (Lipinski definition) is 5. The van der Waals surface area contributed by atoms with Gasteiger partial charge in [-0.3, -0.25) is 4.79 Å². The highest BCUT2D eigenvalue weighted by atomic mass is 35.5. The number of halogens is 1. The number of amides is 1. The van der Waals surface area contributed by atoms with Crippen molar-refractivity contribution in [2.75, 3.05) is 25.5 Å². The summed E-state index contributed by atoms with van der Waals surface area (Å²) in [5.74, 6) is -0.627. The average Bonchev–Trinajstić information content (AvgIpc) is 2.27. The van der Waals surface area contributed by atoms with Crippen LogP contribution in [-0.2, 0) is 19.6 Å². The normalized spacial score (nSPS) is 11.4. The van der Waals surface area contributed by atoms with Gasteiger partial charge in [0.25, 0.3) is 0 Å². The SMILES string of the molecule is NC(=O)COCCNS(=O)(=O)c1c(N)cccc1Cl. The Morgan fingerprint density at radius 2 is 2.11 bits per heavy atom. The van der Waals surface area contributed by atoms with E-state index in [4.69, 9.17) is 27.8 Å². The molecule has 0 aliphatic rings. The topological polar surface area (TPSA) is 125 Å². The number of benzene rings is 1. The lowest BCUT2D eigenvalue weighted by atomic mass is 10.3. The first-order chi connectivity index (χ1) is 8.84. The molecule has 0 heterocycles. The molecule has 7 nitrogen and oxygen atoms in total. The second-order valence-corrected chi connectivity index (χ2v) is 5.69. The molecular weight excluding hydrogens is 294 g/mol. The van der Waals surface area contributed by atoms with Gasteiger partial charge in [-0.15, -0.1) is 0 Å². The van der Waals surface area contributed by atoms with E-state index in [2.05, 4.69) is 4.72 Å². The Morgan fingerprint density at radius 3 is 2.68 bits per heavy atom. The predicted octanol–water partition coefficient (Wildman–Crippen LogP) is -0.298. The minimum absolute atomic E-state index is 0.00648. The predicted molar refractivity (Wildman–Crippen MR) is 71.1 cm³/mol. The van der Waals surface area contributed by atoms with Gasteiger partial charge in [-0.1, -0.05) is 17.7 Å². The number of nitrogens with two attached hydrogens (primary N) is 2. The summed E-state index contributed by atoms with van der Waals surface area (Å²) < 4.78 is 31.0. The molecule has 0 spiro atoms. The van der Waals surface area contributed by atoms with Crippen LogP contribution in [0.15, 0.2) is 23.1 Å². The van der Waals surface area contributed by atoms with Crippen LogP contribution in [0.5, 0.6) is 0 Å². The highest BCUT2D eigenvalue weighted by molar-refractivity contribution is 7.89. The maximum Gasteiger partial charge on any atom is 0.244 e. The summed E-state index contributed by atoms with van der Waals surface area (Å²) >= 11 is 5.80. The van der Waals surface area contributed by atoms with E-state index in [9.17, 15) is 13.2 Å². The van der Waals surface area contributed by atoms with Crippen LogP contribution >= 0.6 is 11.6 Å². The molecule has 0 aliphatic heterocycles. The molecule has 1 amide bonds. The highest BCUT2D eigenvalue weighted by Gasteiger charge is 2.20. The lowest BCUT2D eigenvalue weighted by Gasteiger charge is -2.10. The van der Waals surface area contributed by atoms with Gasteiger partial charge < -0.3 is 16.2 Å². The fraction of sp³-hybridized carbons (Fsp3) is 0.300. The van der Waals surface area contributed by atoms with Crippen molar-refractivity contribution in [2.24, 2.45) is 5.73 Å². The molecule has 0 unspecified atom stereocenters. The molecule has 1 aromatic rings. The Hall–Kier alpha value is -1.35. The van der Waals surface area contributed by atoms with E-state index in [0.29, 0.717) is 0 Å². The first kappa shape index (κ1) is 15.7. The Balaban J connectivity index is 2.64. The maximum atomic E-state index is 11.9. The minimum Gasteiger partial charge on any atom is -0.398 e. The molecule has 0 aliphatic carbocycles. The summed E-state index contributed by atoms with van der Waals surface area (Å²) in [7, 11) is -3.83. The molecule has 9 heteroatoms. The number of ether oxygens (including phenoxy) is 1. The number of rotatable bonds is 7. The van der Waals surface area contributed by atoms with Crippen molar-refractivity contribution in [3.8, 4) is 0 Å². The van der Waals surface area contributed by atoms with Gasteiger partial charge in [0.1, 0.15) is 11.5 Å². The summed E-state index contributed by atoms with van der Waals surface area (Å²) in [4.78, 5) is 10.2. The molecule has 0 saturated heterocycles. The fourth-order valence-electron chi connectivity index (χ4n) is 1.30. The molecular formula is C10H14ClN3O4S. The van der Waals surface area contributed by atoms with Gasteiger partial charge in [-0.25, -0.2) is 13.1 Å². The molecule has 0 atom stereocenters. The van der Waals surface area contributed by atoms with Crippen molar-refractivity contribution in [1.82, 2.24) is 4.72 Å². The van der Waals surface area contributed by atoms with Gasteiger partial charge in [0.05, 0.1) is 17.3 Å². The van der Waals surface area contributed by atoms with Crippen molar-refractivity contribution in [1.29, 1.82) is 0 Å². The van der Waals surface area contributed by atoms with Gasteiger partial charge in [0, 0.05) is 6.54 Å². The summed E-state index contributed by atoms with van der Waals surface area (Å²) in [6.07, 6.45) is 0. The monoisotopic (exact) mass is 307 g/mol. The third-order valence-corrected chi connectivity index (χ3v) is 4.05.